The molecular formula is C22H24N4O3. The molecule has 150 valence electrons. The molecule has 0 unspecified atom stereocenters. The molecule has 0 bridgehead atoms. The number of likely N-dealkylation sites (tertiary alicyclic amines) is 1. The maximum Gasteiger partial charge on any atom is 0.337 e. The highest BCUT2D eigenvalue weighted by Crippen LogP contribution is 2.22. The van der Waals surface area contributed by atoms with Gasteiger partial charge < -0.3 is 15.0 Å². The molecule has 0 aliphatic carbocycles. The summed E-state index contributed by atoms with van der Waals surface area (Å²) in [5, 5.41) is 2.89. The van der Waals surface area contributed by atoms with Gasteiger partial charge in [-0.1, -0.05) is 0 Å². The number of aromatic nitrogens is 2. The summed E-state index contributed by atoms with van der Waals surface area (Å²) >= 11 is 0. The molecule has 0 radical (unpaired) electrons. The predicted octanol–water partition coefficient (Wildman–Crippen LogP) is 3.59. The van der Waals surface area contributed by atoms with Gasteiger partial charge in [0.2, 0.25) is 0 Å². The van der Waals surface area contributed by atoms with Gasteiger partial charge in [-0.15, -0.1) is 0 Å². The number of ether oxygens (including phenoxy) is 1. The zero-order valence-electron chi connectivity index (χ0n) is 16.6. The number of nitrogens with one attached hydrogen (secondary N) is 2. The van der Waals surface area contributed by atoms with E-state index >= 15 is 0 Å². The van der Waals surface area contributed by atoms with E-state index in [9.17, 15) is 9.59 Å². The summed E-state index contributed by atoms with van der Waals surface area (Å²) in [6, 6.07) is 12.6. The molecule has 4 rings (SSSR count). The minimum Gasteiger partial charge on any atom is -0.465 e. The van der Waals surface area contributed by atoms with Gasteiger partial charge in [-0.2, -0.15) is 0 Å². The minimum atomic E-state index is -0.430. The fraction of sp³-hybridized carbons (Fsp3) is 0.318. The Kier molecular flexibility index (Phi) is 5.31. The van der Waals surface area contributed by atoms with E-state index in [2.05, 4.69) is 31.8 Å². The molecule has 7 nitrogen and oxygen atoms in total. The lowest BCUT2D eigenvalue weighted by Crippen LogP contribution is -2.26. The zero-order chi connectivity index (χ0) is 20.4. The number of carbonyl (C=O) groups is 2. The second kappa shape index (κ2) is 8.05. The summed E-state index contributed by atoms with van der Waals surface area (Å²) in [5.74, 6) is 0.266. The molecule has 1 aliphatic heterocycles. The fourth-order valence-electron chi connectivity index (χ4n) is 3.71. The molecule has 3 aromatic rings. The SMILES string of the molecule is COC(=O)c1ccc(C(=O)Nc2ccc3nc(CN4CCC[C@@H]4C)[nH]c3c2)cc1. The first-order chi connectivity index (χ1) is 14.0. The van der Waals surface area contributed by atoms with E-state index in [1.807, 2.05) is 18.2 Å². The van der Waals surface area contributed by atoms with E-state index in [1.54, 1.807) is 24.3 Å². The van der Waals surface area contributed by atoms with Crippen LogP contribution in [0.15, 0.2) is 42.5 Å². The van der Waals surface area contributed by atoms with Gasteiger partial charge in [-0.05, 0) is 68.8 Å². The molecule has 2 aromatic carbocycles. The van der Waals surface area contributed by atoms with Gasteiger partial charge >= 0.3 is 5.97 Å². The van der Waals surface area contributed by atoms with E-state index < -0.39 is 5.97 Å². The number of amides is 1. The topological polar surface area (TPSA) is 87.3 Å². The zero-order valence-corrected chi connectivity index (χ0v) is 16.6. The van der Waals surface area contributed by atoms with Gasteiger partial charge in [0.25, 0.3) is 5.91 Å². The van der Waals surface area contributed by atoms with E-state index in [-0.39, 0.29) is 5.91 Å². The molecule has 1 saturated heterocycles. The fourth-order valence-corrected chi connectivity index (χ4v) is 3.71. The van der Waals surface area contributed by atoms with Gasteiger partial charge in [-0.25, -0.2) is 9.78 Å². The summed E-state index contributed by atoms with van der Waals surface area (Å²) in [7, 11) is 1.33. The Morgan fingerprint density at radius 3 is 2.66 bits per heavy atom. The lowest BCUT2D eigenvalue weighted by Gasteiger charge is -2.19. The van der Waals surface area contributed by atoms with Gasteiger partial charge in [0.15, 0.2) is 0 Å². The Morgan fingerprint density at radius 2 is 1.97 bits per heavy atom. The van der Waals surface area contributed by atoms with Crippen molar-refractivity contribution in [2.75, 3.05) is 19.0 Å². The van der Waals surface area contributed by atoms with Crippen LogP contribution in [0.4, 0.5) is 5.69 Å². The third-order valence-electron chi connectivity index (χ3n) is 5.40. The van der Waals surface area contributed by atoms with Gasteiger partial charge in [0.05, 0.1) is 30.3 Å². The van der Waals surface area contributed by atoms with Crippen molar-refractivity contribution in [2.45, 2.75) is 32.4 Å². The number of H-pyrrole nitrogens is 1. The van der Waals surface area contributed by atoms with E-state index in [4.69, 9.17) is 0 Å². The third-order valence-corrected chi connectivity index (χ3v) is 5.40. The standard InChI is InChI=1S/C22H24N4O3/c1-14-4-3-11-26(14)13-20-24-18-10-9-17(12-19(18)25-20)23-21(27)15-5-7-16(8-6-15)22(28)29-2/h5-10,12,14H,3-4,11,13H2,1-2H3,(H,23,27)(H,24,25)/t14-/m0/s1. The number of hydrogen-bond acceptors (Lipinski definition) is 5. The monoisotopic (exact) mass is 392 g/mol. The second-order valence-electron chi connectivity index (χ2n) is 7.40. The number of anilines is 1. The third kappa shape index (κ3) is 4.14. The van der Waals surface area contributed by atoms with Crippen molar-refractivity contribution >= 4 is 28.6 Å². The van der Waals surface area contributed by atoms with Crippen LogP contribution in [0.2, 0.25) is 0 Å². The number of carbonyl (C=O) groups excluding carboxylic acids is 2. The first-order valence-corrected chi connectivity index (χ1v) is 9.76. The summed E-state index contributed by atoms with van der Waals surface area (Å²) in [5.41, 5.74) is 3.33. The van der Waals surface area contributed by atoms with E-state index in [0.29, 0.717) is 22.9 Å². The smallest absolute Gasteiger partial charge is 0.337 e. The number of rotatable bonds is 5. The number of imidazole rings is 1. The van der Waals surface area contributed by atoms with Gasteiger partial charge in [0, 0.05) is 17.3 Å². The Morgan fingerprint density at radius 1 is 1.21 bits per heavy atom. The Bertz CT molecular complexity index is 1040. The number of esters is 1. The summed E-state index contributed by atoms with van der Waals surface area (Å²) < 4.78 is 4.67. The molecule has 1 atom stereocenters. The average molecular weight is 392 g/mol. The van der Waals surface area contributed by atoms with Crippen molar-refractivity contribution in [2.24, 2.45) is 0 Å². The molecule has 1 aromatic heterocycles. The first kappa shape index (κ1) is 19.1. The first-order valence-electron chi connectivity index (χ1n) is 9.76. The molecule has 0 spiro atoms. The highest BCUT2D eigenvalue weighted by atomic mass is 16.5. The number of hydrogen-bond donors (Lipinski definition) is 2. The van der Waals surface area contributed by atoms with Crippen molar-refractivity contribution in [3.8, 4) is 0 Å². The Labute approximate surface area is 169 Å². The van der Waals surface area contributed by atoms with Crippen molar-refractivity contribution in [1.29, 1.82) is 0 Å². The largest absolute Gasteiger partial charge is 0.465 e. The molecular weight excluding hydrogens is 368 g/mol. The normalized spacial score (nSPS) is 16.8. The van der Waals surface area contributed by atoms with Crippen LogP contribution in [-0.2, 0) is 11.3 Å². The number of nitrogens with zero attached hydrogens (tertiary/aromatic N) is 2. The van der Waals surface area contributed by atoms with Crippen LogP contribution in [0.3, 0.4) is 0 Å². The van der Waals surface area contributed by atoms with Crippen molar-refractivity contribution in [1.82, 2.24) is 14.9 Å². The molecule has 2 heterocycles. The Balaban J connectivity index is 1.46. The lowest BCUT2D eigenvalue weighted by atomic mass is 10.1. The number of fused-ring (bicyclic) bond motifs is 1. The van der Waals surface area contributed by atoms with Crippen LogP contribution < -0.4 is 5.32 Å². The summed E-state index contributed by atoms with van der Waals surface area (Å²) in [6.07, 6.45) is 2.47. The Hall–Kier alpha value is -3.19. The maximum absolute atomic E-state index is 12.5. The van der Waals surface area contributed by atoms with Crippen LogP contribution in [0.25, 0.3) is 11.0 Å². The van der Waals surface area contributed by atoms with E-state index in [0.717, 1.165) is 29.9 Å². The van der Waals surface area contributed by atoms with Crippen LogP contribution >= 0.6 is 0 Å². The molecule has 1 aliphatic rings. The van der Waals surface area contributed by atoms with Crippen LogP contribution in [0.5, 0.6) is 0 Å². The van der Waals surface area contributed by atoms with Gasteiger partial charge in [-0.3, -0.25) is 9.69 Å². The number of benzene rings is 2. The second-order valence-corrected chi connectivity index (χ2v) is 7.40. The van der Waals surface area contributed by atoms with Crippen LogP contribution in [0.1, 0.15) is 46.3 Å². The quantitative estimate of drug-likeness (QED) is 0.648. The molecule has 7 heteroatoms. The highest BCUT2D eigenvalue weighted by molar-refractivity contribution is 6.05. The number of aromatic amines is 1. The summed E-state index contributed by atoms with van der Waals surface area (Å²) in [4.78, 5) is 34.5. The van der Waals surface area contributed by atoms with Crippen molar-refractivity contribution in [3.63, 3.8) is 0 Å². The van der Waals surface area contributed by atoms with E-state index in [1.165, 1.54) is 20.0 Å². The molecule has 2 N–H and O–H groups in total. The molecule has 1 fully saturated rings. The van der Waals surface area contributed by atoms with Crippen LogP contribution in [-0.4, -0.2) is 46.4 Å². The number of methoxy groups -OCH3 is 1. The average Bonchev–Trinajstić information content (AvgIpc) is 3.32. The van der Waals surface area contributed by atoms with Crippen molar-refractivity contribution < 1.29 is 14.3 Å². The minimum absolute atomic E-state index is 0.244. The summed E-state index contributed by atoms with van der Waals surface area (Å²) in [6.45, 7) is 4.17. The maximum atomic E-state index is 12.5. The van der Waals surface area contributed by atoms with Crippen LogP contribution in [0, 0.1) is 0 Å². The van der Waals surface area contributed by atoms with Gasteiger partial charge in [0.1, 0.15) is 5.82 Å². The van der Waals surface area contributed by atoms with Crippen molar-refractivity contribution in [3.05, 3.63) is 59.4 Å². The molecule has 0 saturated carbocycles. The molecule has 29 heavy (non-hydrogen) atoms. The lowest BCUT2D eigenvalue weighted by molar-refractivity contribution is 0.0600. The predicted molar refractivity (Wildman–Crippen MR) is 111 cm³/mol. The highest BCUT2D eigenvalue weighted by Gasteiger charge is 2.21. The molecule has 1 amide bonds.